The van der Waals surface area contributed by atoms with Crippen LogP contribution < -0.4 is 0 Å². The van der Waals surface area contributed by atoms with E-state index in [-0.39, 0.29) is 54.3 Å². The fourth-order valence-corrected chi connectivity index (χ4v) is 7.58. The van der Waals surface area contributed by atoms with Crippen molar-refractivity contribution >= 4 is 11.8 Å². The zero-order valence-electron chi connectivity index (χ0n) is 28.5. The molecule has 3 heterocycles. The Morgan fingerprint density at radius 3 is 1.82 bits per heavy atom. The van der Waals surface area contributed by atoms with E-state index in [4.69, 9.17) is 14.2 Å². The van der Waals surface area contributed by atoms with E-state index >= 15 is 0 Å². The molecule has 9 atom stereocenters. The molecule has 0 aliphatic carbocycles. The summed E-state index contributed by atoms with van der Waals surface area (Å²) in [6.45, 7) is 3.73. The number of hydrogen-bond acceptors (Lipinski definition) is 8. The number of ketones is 1. The van der Waals surface area contributed by atoms with Gasteiger partial charge >= 0.3 is 5.97 Å². The molecule has 3 aliphatic heterocycles. The molecule has 3 saturated heterocycles. The second-order valence-electron chi connectivity index (χ2n) is 14.5. The van der Waals surface area contributed by atoms with Crippen molar-refractivity contribution in [3.8, 4) is 0 Å². The molecule has 3 N–H and O–H groups in total. The monoisotopic (exact) mass is 638 g/mol. The summed E-state index contributed by atoms with van der Waals surface area (Å²) in [5.41, 5.74) is 0. The van der Waals surface area contributed by atoms with Crippen LogP contribution in [0.25, 0.3) is 0 Å². The van der Waals surface area contributed by atoms with Crippen LogP contribution in [0.15, 0.2) is 0 Å². The Balaban J connectivity index is 1.14. The van der Waals surface area contributed by atoms with Gasteiger partial charge < -0.3 is 34.3 Å². The first-order chi connectivity index (χ1) is 21.8. The van der Waals surface area contributed by atoms with Gasteiger partial charge in [0.2, 0.25) is 0 Å². The lowest BCUT2D eigenvalue weighted by Crippen LogP contribution is -2.33. The van der Waals surface area contributed by atoms with Gasteiger partial charge in [0.15, 0.2) is 0 Å². The largest absolute Gasteiger partial charge is 0.462 e. The van der Waals surface area contributed by atoms with Gasteiger partial charge in [0.1, 0.15) is 11.9 Å². The first kappa shape index (κ1) is 38.4. The van der Waals surface area contributed by atoms with Crippen molar-refractivity contribution in [3.63, 3.8) is 0 Å². The van der Waals surface area contributed by atoms with Crippen LogP contribution in [-0.2, 0) is 23.8 Å². The minimum absolute atomic E-state index is 0.00262. The molecule has 0 radical (unpaired) electrons. The summed E-state index contributed by atoms with van der Waals surface area (Å²) in [6, 6.07) is 0. The molecule has 3 aliphatic rings. The molecular formula is C37H66O8. The third-order valence-corrected chi connectivity index (χ3v) is 10.3. The van der Waals surface area contributed by atoms with Gasteiger partial charge in [0.25, 0.3) is 0 Å². The number of rotatable bonds is 25. The summed E-state index contributed by atoms with van der Waals surface area (Å²) in [7, 11) is 0. The number of carbonyl (C=O) groups is 2. The topological polar surface area (TPSA) is 123 Å². The summed E-state index contributed by atoms with van der Waals surface area (Å²) >= 11 is 0. The van der Waals surface area contributed by atoms with Crippen LogP contribution >= 0.6 is 0 Å². The summed E-state index contributed by atoms with van der Waals surface area (Å²) in [5.74, 6) is -0.366. The Bertz CT molecular complexity index is 820. The van der Waals surface area contributed by atoms with Gasteiger partial charge in [-0.3, -0.25) is 4.79 Å². The Labute approximate surface area is 273 Å². The number of carbonyl (C=O) groups excluding carboxylic acids is 2. The Kier molecular flexibility index (Phi) is 18.5. The molecule has 0 unspecified atom stereocenters. The van der Waals surface area contributed by atoms with Crippen LogP contribution in [0.4, 0.5) is 0 Å². The van der Waals surface area contributed by atoms with E-state index < -0.39 is 12.2 Å². The van der Waals surface area contributed by atoms with Gasteiger partial charge in [-0.1, -0.05) is 77.6 Å². The van der Waals surface area contributed by atoms with Gasteiger partial charge in [-0.15, -0.1) is 0 Å². The molecule has 0 bridgehead atoms. The molecule has 0 aromatic carbocycles. The van der Waals surface area contributed by atoms with Crippen molar-refractivity contribution < 1.29 is 39.1 Å². The number of ether oxygens (including phenoxy) is 3. The van der Waals surface area contributed by atoms with Crippen molar-refractivity contribution in [2.45, 2.75) is 217 Å². The number of cyclic esters (lactones) is 1. The summed E-state index contributed by atoms with van der Waals surface area (Å²) in [4.78, 5) is 23.1. The lowest BCUT2D eigenvalue weighted by molar-refractivity contribution is -0.145. The third-order valence-electron chi connectivity index (χ3n) is 10.3. The SMILES string of the molecule is CCCCCC[C@@H](O)CCC[C@H](O)[C@@H]1CC[C@@H]([C@@H]2CC[C@@H]([C@H](O)CCCCCCCCCC[C@@H]3C[C@@H](CC(C)=O)C(=O)O3)O2)O1. The smallest absolute Gasteiger partial charge is 0.309 e. The van der Waals surface area contributed by atoms with Crippen LogP contribution in [0, 0.1) is 5.92 Å². The van der Waals surface area contributed by atoms with Crippen molar-refractivity contribution in [3.05, 3.63) is 0 Å². The second kappa shape index (κ2) is 21.7. The van der Waals surface area contributed by atoms with Gasteiger partial charge in [-0.05, 0) is 84.0 Å². The van der Waals surface area contributed by atoms with E-state index in [9.17, 15) is 24.9 Å². The number of aliphatic hydroxyl groups excluding tert-OH is 3. The maximum absolute atomic E-state index is 11.9. The van der Waals surface area contributed by atoms with Crippen LogP contribution in [-0.4, -0.2) is 75.9 Å². The standard InChI is InChI=1S/C37H66O8/c1-3-4-5-12-16-29(39)17-15-20-32(41)34-22-24-36(45-34)35-23-21-33(44-35)31(40)19-14-11-9-7-6-8-10-13-18-30-26-28(25-27(2)38)37(42)43-30/h28-36,39-41H,3-26H2,1-2H3/t28-,29-,30-,31-,32+,33+,34+,35+,36+/m1/s1. The fourth-order valence-electron chi connectivity index (χ4n) is 7.58. The molecule has 8 heteroatoms. The van der Waals surface area contributed by atoms with Crippen molar-refractivity contribution in [1.82, 2.24) is 0 Å². The van der Waals surface area contributed by atoms with E-state index in [1.807, 2.05) is 0 Å². The molecule has 45 heavy (non-hydrogen) atoms. The summed E-state index contributed by atoms with van der Waals surface area (Å²) < 4.78 is 17.9. The molecule has 0 amide bonds. The highest BCUT2D eigenvalue weighted by Gasteiger charge is 2.40. The third kappa shape index (κ3) is 14.7. The minimum atomic E-state index is -0.490. The predicted molar refractivity (Wildman–Crippen MR) is 176 cm³/mol. The van der Waals surface area contributed by atoms with Crippen LogP contribution in [0.5, 0.6) is 0 Å². The van der Waals surface area contributed by atoms with E-state index in [1.165, 1.54) is 51.9 Å². The maximum atomic E-state index is 11.9. The molecule has 3 fully saturated rings. The molecule has 262 valence electrons. The molecule has 3 rings (SSSR count). The van der Waals surface area contributed by atoms with Crippen molar-refractivity contribution in [1.29, 1.82) is 0 Å². The Morgan fingerprint density at radius 2 is 1.22 bits per heavy atom. The molecule has 0 spiro atoms. The highest BCUT2D eigenvalue weighted by molar-refractivity contribution is 5.83. The summed E-state index contributed by atoms with van der Waals surface area (Å²) in [6.07, 6.45) is 21.7. The number of aliphatic hydroxyl groups is 3. The lowest BCUT2D eigenvalue weighted by Gasteiger charge is -2.24. The zero-order valence-corrected chi connectivity index (χ0v) is 28.5. The van der Waals surface area contributed by atoms with E-state index in [1.54, 1.807) is 0 Å². The molecule has 8 nitrogen and oxygen atoms in total. The average molecular weight is 639 g/mol. The Hall–Kier alpha value is -1.06. The van der Waals surface area contributed by atoms with Crippen LogP contribution in [0.2, 0.25) is 0 Å². The molecule has 0 aromatic heterocycles. The van der Waals surface area contributed by atoms with E-state index in [2.05, 4.69) is 6.92 Å². The van der Waals surface area contributed by atoms with Gasteiger partial charge in [-0.25, -0.2) is 0 Å². The van der Waals surface area contributed by atoms with Crippen LogP contribution in [0.3, 0.4) is 0 Å². The first-order valence-corrected chi connectivity index (χ1v) is 18.8. The number of esters is 1. The first-order valence-electron chi connectivity index (χ1n) is 18.8. The van der Waals surface area contributed by atoms with Gasteiger partial charge in [-0.2, -0.15) is 0 Å². The van der Waals surface area contributed by atoms with E-state index in [0.717, 1.165) is 89.9 Å². The Morgan fingerprint density at radius 1 is 0.711 bits per heavy atom. The highest BCUT2D eigenvalue weighted by atomic mass is 16.6. The normalized spacial score (nSPS) is 28.8. The predicted octanol–water partition coefficient (Wildman–Crippen LogP) is 7.12. The molecule has 0 saturated carbocycles. The zero-order chi connectivity index (χ0) is 32.4. The van der Waals surface area contributed by atoms with Gasteiger partial charge in [0.05, 0.1) is 48.6 Å². The second-order valence-corrected chi connectivity index (χ2v) is 14.5. The minimum Gasteiger partial charge on any atom is -0.462 e. The molecule has 0 aromatic rings. The van der Waals surface area contributed by atoms with Crippen molar-refractivity contribution in [2.75, 3.05) is 0 Å². The fraction of sp³-hybridized carbons (Fsp3) is 0.946. The number of Topliss-reactive ketones (excluding diaryl/α,β-unsaturated/α-hetero) is 1. The number of hydrogen-bond donors (Lipinski definition) is 3. The lowest BCUT2D eigenvalue weighted by atomic mass is 9.96. The molecular weight excluding hydrogens is 572 g/mol. The van der Waals surface area contributed by atoms with E-state index in [0.29, 0.717) is 19.3 Å². The number of unbranched alkanes of at least 4 members (excludes halogenated alkanes) is 10. The van der Waals surface area contributed by atoms with Gasteiger partial charge in [0, 0.05) is 6.42 Å². The maximum Gasteiger partial charge on any atom is 0.309 e. The quantitative estimate of drug-likeness (QED) is 0.0714. The van der Waals surface area contributed by atoms with Crippen LogP contribution in [0.1, 0.15) is 168 Å². The van der Waals surface area contributed by atoms with Crippen molar-refractivity contribution in [2.24, 2.45) is 5.92 Å². The highest BCUT2D eigenvalue weighted by Crippen LogP contribution is 2.35. The summed E-state index contributed by atoms with van der Waals surface area (Å²) in [5, 5.41) is 31.7. The average Bonchev–Trinajstić information content (AvgIpc) is 3.76.